The van der Waals surface area contributed by atoms with Gasteiger partial charge in [0.25, 0.3) is 0 Å². The molecule has 10 rings (SSSR count). The van der Waals surface area contributed by atoms with E-state index in [9.17, 15) is 13.2 Å². The van der Waals surface area contributed by atoms with Crippen LogP contribution in [0.15, 0.2) is 194 Å². The quantitative estimate of drug-likeness (QED) is 0.162. The van der Waals surface area contributed by atoms with Gasteiger partial charge in [-0.2, -0.15) is 13.2 Å². The van der Waals surface area contributed by atoms with Crippen molar-refractivity contribution in [2.24, 2.45) is 0 Å². The Morgan fingerprint density at radius 1 is 0.356 bits per heavy atom. The van der Waals surface area contributed by atoms with Crippen molar-refractivity contribution < 1.29 is 13.2 Å². The number of rotatable bonds is 7. The smallest absolute Gasteiger partial charge is 0.309 e. The first-order valence-electron chi connectivity index (χ1n) is 19.1. The van der Waals surface area contributed by atoms with Crippen LogP contribution in [-0.4, -0.2) is 24.5 Å². The number of hydrogen-bond acceptors (Lipinski definition) is 4. The van der Waals surface area contributed by atoms with Crippen molar-refractivity contribution in [3.63, 3.8) is 0 Å². The number of benzene rings is 7. The lowest BCUT2D eigenvalue weighted by Gasteiger charge is -2.17. The molecule has 59 heavy (non-hydrogen) atoms. The van der Waals surface area contributed by atoms with E-state index in [1.807, 2.05) is 174 Å². The summed E-state index contributed by atoms with van der Waals surface area (Å²) in [5.41, 5.74) is 9.38. The average molecular weight is 772 g/mol. The first-order chi connectivity index (χ1) is 28.9. The molecule has 0 bridgehead atoms. The zero-order valence-corrected chi connectivity index (χ0v) is 31.3. The SMILES string of the molecule is FC(F)(F)c1ccc2c(c1)c1ccccc1n2-c1ccc(-c2cc(-c3ccccc3)nc(-c3ccccc3)n2)cc1-c1cc(-c2ccccc2)nc(-c2ccccc2)n1. The normalized spacial score (nSPS) is 11.6. The molecular weight excluding hydrogens is 740 g/mol. The van der Waals surface area contributed by atoms with E-state index in [4.69, 9.17) is 19.9 Å². The van der Waals surface area contributed by atoms with Crippen molar-refractivity contribution in [2.75, 3.05) is 0 Å². The molecule has 0 amide bonds. The molecule has 0 aliphatic rings. The van der Waals surface area contributed by atoms with Crippen LogP contribution in [-0.2, 0) is 6.18 Å². The van der Waals surface area contributed by atoms with Crippen molar-refractivity contribution >= 4 is 21.8 Å². The van der Waals surface area contributed by atoms with E-state index in [1.54, 1.807) is 6.07 Å². The molecule has 3 aromatic heterocycles. The van der Waals surface area contributed by atoms with Crippen LogP contribution in [0.25, 0.3) is 95.3 Å². The van der Waals surface area contributed by atoms with Crippen molar-refractivity contribution in [2.45, 2.75) is 6.18 Å². The Labute approximate surface area is 337 Å². The van der Waals surface area contributed by atoms with Crippen LogP contribution >= 0.6 is 0 Å². The first kappa shape index (κ1) is 35.7. The summed E-state index contributed by atoms with van der Waals surface area (Å²) in [5.74, 6) is 1.12. The van der Waals surface area contributed by atoms with Gasteiger partial charge in [-0.15, -0.1) is 0 Å². The van der Waals surface area contributed by atoms with Crippen LogP contribution < -0.4 is 0 Å². The molecule has 0 unspecified atom stereocenters. The summed E-state index contributed by atoms with van der Waals surface area (Å²) in [6.07, 6.45) is -4.50. The molecule has 8 heteroatoms. The van der Waals surface area contributed by atoms with Crippen LogP contribution in [0, 0.1) is 0 Å². The lowest BCUT2D eigenvalue weighted by Crippen LogP contribution is -2.04. The van der Waals surface area contributed by atoms with E-state index in [0.717, 1.165) is 62.0 Å². The predicted molar refractivity (Wildman–Crippen MR) is 230 cm³/mol. The maximum absolute atomic E-state index is 14.1. The third-order valence-electron chi connectivity index (χ3n) is 10.5. The third-order valence-corrected chi connectivity index (χ3v) is 10.5. The predicted octanol–water partition coefficient (Wildman–Crippen LogP) is 13.4. The molecule has 0 fully saturated rings. The van der Waals surface area contributed by atoms with Gasteiger partial charge in [-0.05, 0) is 48.5 Å². The molecule has 0 spiro atoms. The Kier molecular flexibility index (Phi) is 8.87. The van der Waals surface area contributed by atoms with Crippen LogP contribution in [0.5, 0.6) is 0 Å². The Hall–Kier alpha value is -7.71. The maximum atomic E-state index is 14.1. The van der Waals surface area contributed by atoms with Crippen LogP contribution in [0.2, 0.25) is 0 Å². The van der Waals surface area contributed by atoms with Gasteiger partial charge in [0.05, 0.1) is 45.1 Å². The number of para-hydroxylation sites is 1. The summed E-state index contributed by atoms with van der Waals surface area (Å²) in [4.78, 5) is 20.4. The minimum absolute atomic E-state index is 0.499. The number of fused-ring (bicyclic) bond motifs is 3. The molecule has 0 N–H and O–H groups in total. The lowest BCUT2D eigenvalue weighted by molar-refractivity contribution is -0.137. The second kappa shape index (κ2) is 14.7. The monoisotopic (exact) mass is 771 g/mol. The molecule has 3 heterocycles. The van der Waals surface area contributed by atoms with Gasteiger partial charge in [0.1, 0.15) is 0 Å². The third kappa shape index (κ3) is 6.80. The summed E-state index contributed by atoms with van der Waals surface area (Å²) >= 11 is 0. The van der Waals surface area contributed by atoms with Crippen molar-refractivity contribution in [3.8, 4) is 73.5 Å². The Bertz CT molecular complexity index is 3010. The zero-order chi connectivity index (χ0) is 39.9. The molecule has 0 radical (unpaired) electrons. The number of aromatic nitrogens is 5. The van der Waals surface area contributed by atoms with Gasteiger partial charge in [0.2, 0.25) is 0 Å². The van der Waals surface area contributed by atoms with Gasteiger partial charge in [0, 0.05) is 44.2 Å². The van der Waals surface area contributed by atoms with Crippen molar-refractivity contribution in [1.82, 2.24) is 24.5 Å². The highest BCUT2D eigenvalue weighted by Gasteiger charge is 2.31. The maximum Gasteiger partial charge on any atom is 0.416 e. The molecule has 0 aliphatic heterocycles. The number of alkyl halides is 3. The highest BCUT2D eigenvalue weighted by atomic mass is 19.4. The fourth-order valence-corrected chi connectivity index (χ4v) is 7.63. The van der Waals surface area contributed by atoms with E-state index in [2.05, 4.69) is 6.07 Å². The first-order valence-corrected chi connectivity index (χ1v) is 19.1. The van der Waals surface area contributed by atoms with Crippen LogP contribution in [0.3, 0.4) is 0 Å². The fraction of sp³-hybridized carbons (Fsp3) is 0.0196. The van der Waals surface area contributed by atoms with E-state index in [-0.39, 0.29) is 0 Å². The minimum Gasteiger partial charge on any atom is -0.309 e. The summed E-state index contributed by atoms with van der Waals surface area (Å²) in [7, 11) is 0. The number of hydrogen-bond donors (Lipinski definition) is 0. The summed E-state index contributed by atoms with van der Waals surface area (Å²) < 4.78 is 44.4. The van der Waals surface area contributed by atoms with E-state index >= 15 is 0 Å². The van der Waals surface area contributed by atoms with E-state index in [0.29, 0.717) is 39.3 Å². The number of nitrogens with zero attached hydrogens (tertiary/aromatic N) is 5. The van der Waals surface area contributed by atoms with Crippen LogP contribution in [0.1, 0.15) is 5.56 Å². The molecule has 0 saturated heterocycles. The summed E-state index contributed by atoms with van der Waals surface area (Å²) in [5, 5.41) is 1.20. The zero-order valence-electron chi connectivity index (χ0n) is 31.3. The summed E-state index contributed by atoms with van der Waals surface area (Å²) in [6.45, 7) is 0. The second-order valence-electron chi connectivity index (χ2n) is 14.2. The standard InChI is InChI=1S/C51H32F3N5/c52-51(53,54)38-26-28-47-40(30-38)39-23-13-14-24-46(39)59(47)48-27-25-37(44-31-42(33-15-5-1-6-16-33)55-49(57-44)35-19-9-3-10-20-35)29-41(48)45-32-43(34-17-7-2-8-18-34)56-50(58-45)36-21-11-4-12-22-36/h1-32H. The molecular formula is C51H32F3N5. The molecule has 0 saturated carbocycles. The lowest BCUT2D eigenvalue weighted by atomic mass is 9.99. The van der Waals surface area contributed by atoms with Gasteiger partial charge in [-0.25, -0.2) is 19.9 Å². The highest BCUT2D eigenvalue weighted by Crippen LogP contribution is 2.41. The molecule has 10 aromatic rings. The van der Waals surface area contributed by atoms with Gasteiger partial charge in [-0.3, -0.25) is 0 Å². The van der Waals surface area contributed by atoms with E-state index < -0.39 is 11.7 Å². The van der Waals surface area contributed by atoms with Gasteiger partial charge in [-0.1, -0.05) is 146 Å². The van der Waals surface area contributed by atoms with Crippen molar-refractivity contribution in [3.05, 3.63) is 200 Å². The minimum atomic E-state index is -4.50. The molecule has 5 nitrogen and oxygen atoms in total. The number of halogens is 3. The van der Waals surface area contributed by atoms with Crippen molar-refractivity contribution in [1.29, 1.82) is 0 Å². The molecule has 7 aromatic carbocycles. The highest BCUT2D eigenvalue weighted by molar-refractivity contribution is 6.10. The Morgan fingerprint density at radius 3 is 1.37 bits per heavy atom. The van der Waals surface area contributed by atoms with E-state index in [1.165, 1.54) is 6.07 Å². The average Bonchev–Trinajstić information content (AvgIpc) is 3.63. The second-order valence-corrected chi connectivity index (χ2v) is 14.2. The Morgan fingerprint density at radius 2 is 0.814 bits per heavy atom. The molecule has 282 valence electrons. The van der Waals surface area contributed by atoms with Gasteiger partial charge >= 0.3 is 6.18 Å². The topological polar surface area (TPSA) is 56.5 Å². The van der Waals surface area contributed by atoms with Gasteiger partial charge < -0.3 is 4.57 Å². The molecule has 0 atom stereocenters. The van der Waals surface area contributed by atoms with Gasteiger partial charge in [0.15, 0.2) is 11.6 Å². The fourth-order valence-electron chi connectivity index (χ4n) is 7.63. The summed E-state index contributed by atoms with van der Waals surface area (Å²) in [6, 6.07) is 61.2. The largest absolute Gasteiger partial charge is 0.416 e. The Balaban J connectivity index is 1.27. The van der Waals surface area contributed by atoms with Crippen LogP contribution in [0.4, 0.5) is 13.2 Å². The molecule has 0 aliphatic carbocycles.